The predicted octanol–water partition coefficient (Wildman–Crippen LogP) is 1.80. The van der Waals surface area contributed by atoms with Crippen molar-refractivity contribution in [3.63, 3.8) is 0 Å². The summed E-state index contributed by atoms with van der Waals surface area (Å²) >= 11 is 2.89. The van der Waals surface area contributed by atoms with Gasteiger partial charge in [-0.3, -0.25) is 4.72 Å². The van der Waals surface area contributed by atoms with Crippen LogP contribution in [0.5, 0.6) is 0 Å². The first kappa shape index (κ1) is 14.8. The van der Waals surface area contributed by atoms with E-state index < -0.39 is 33.2 Å². The number of nitrogens with one attached hydrogen (secondary N) is 1. The van der Waals surface area contributed by atoms with Gasteiger partial charge in [-0.1, -0.05) is 5.21 Å². The molecule has 1 heterocycles. The number of aryl methyl sites for hydroxylation is 1. The van der Waals surface area contributed by atoms with E-state index >= 15 is 0 Å². The molecule has 0 aliphatic rings. The van der Waals surface area contributed by atoms with Crippen molar-refractivity contribution in [3.05, 3.63) is 34.2 Å². The van der Waals surface area contributed by atoms with Crippen LogP contribution in [0.1, 0.15) is 0 Å². The summed E-state index contributed by atoms with van der Waals surface area (Å²) in [5.74, 6) is -4.70. The van der Waals surface area contributed by atoms with Crippen LogP contribution in [0.3, 0.4) is 0 Å². The van der Waals surface area contributed by atoms with Gasteiger partial charge in [0.15, 0.2) is 22.1 Å². The maximum atomic E-state index is 13.0. The van der Waals surface area contributed by atoms with E-state index in [9.17, 15) is 21.6 Å². The molecular formula is C9H6BrF3N4O2S. The maximum Gasteiger partial charge on any atom is 0.281 e. The van der Waals surface area contributed by atoms with Crippen LogP contribution in [-0.4, -0.2) is 23.4 Å². The Kier molecular flexibility index (Phi) is 3.73. The molecule has 1 N–H and O–H groups in total. The molecule has 0 bridgehead atoms. The lowest BCUT2D eigenvalue weighted by Crippen LogP contribution is -2.17. The van der Waals surface area contributed by atoms with Crippen LogP contribution in [0.4, 0.5) is 18.9 Å². The second kappa shape index (κ2) is 5.05. The molecule has 0 radical (unpaired) electrons. The minimum atomic E-state index is -4.19. The van der Waals surface area contributed by atoms with Crippen LogP contribution < -0.4 is 4.72 Å². The number of rotatable bonds is 3. The lowest BCUT2D eigenvalue weighted by molar-refractivity contribution is 0.448. The largest absolute Gasteiger partial charge is 0.281 e. The van der Waals surface area contributed by atoms with E-state index in [4.69, 9.17) is 0 Å². The Morgan fingerprint density at radius 3 is 2.25 bits per heavy atom. The Balaban J connectivity index is 2.44. The molecule has 2 rings (SSSR count). The van der Waals surface area contributed by atoms with Crippen LogP contribution in [-0.2, 0) is 17.1 Å². The highest BCUT2D eigenvalue weighted by Gasteiger charge is 2.25. The Bertz CT molecular complexity index is 735. The Morgan fingerprint density at radius 2 is 1.80 bits per heavy atom. The second-order valence-corrected chi connectivity index (χ2v) is 6.02. The summed E-state index contributed by atoms with van der Waals surface area (Å²) in [5.41, 5.74) is -0.463. The highest BCUT2D eigenvalue weighted by atomic mass is 79.9. The summed E-state index contributed by atoms with van der Waals surface area (Å²) in [5, 5.41) is 6.60. The smallest absolute Gasteiger partial charge is 0.278 e. The summed E-state index contributed by atoms with van der Waals surface area (Å²) in [6, 6.07) is 1.04. The molecule has 0 saturated heterocycles. The van der Waals surface area contributed by atoms with Crippen molar-refractivity contribution in [1.29, 1.82) is 0 Å². The van der Waals surface area contributed by atoms with Crippen molar-refractivity contribution in [3.8, 4) is 0 Å². The molecule has 1 aromatic heterocycles. The van der Waals surface area contributed by atoms with Crippen molar-refractivity contribution in [2.45, 2.75) is 5.03 Å². The van der Waals surface area contributed by atoms with Crippen molar-refractivity contribution in [2.75, 3.05) is 4.72 Å². The first-order valence-corrected chi connectivity index (χ1v) is 7.22. The van der Waals surface area contributed by atoms with Gasteiger partial charge in [-0.15, -0.1) is 5.10 Å². The van der Waals surface area contributed by atoms with Crippen LogP contribution in [0.25, 0.3) is 0 Å². The standard InChI is InChI=1S/C9H6BrF3N4O2S/c1-17-9(8(10)14-16-17)20(18,19)15-4-2-5(11)7(13)6(12)3-4/h2-3,15H,1H3. The topological polar surface area (TPSA) is 76.9 Å². The lowest BCUT2D eigenvalue weighted by Gasteiger charge is -2.08. The monoisotopic (exact) mass is 370 g/mol. The SMILES string of the molecule is Cn1nnc(Br)c1S(=O)(=O)Nc1cc(F)c(F)c(F)c1. The fourth-order valence-corrected chi connectivity index (χ4v) is 3.56. The van der Waals surface area contributed by atoms with Gasteiger partial charge in [0.05, 0.1) is 5.69 Å². The molecule has 1 aromatic carbocycles. The fourth-order valence-electron chi connectivity index (χ4n) is 1.43. The van der Waals surface area contributed by atoms with E-state index in [1.165, 1.54) is 7.05 Å². The highest BCUT2D eigenvalue weighted by molar-refractivity contribution is 9.10. The van der Waals surface area contributed by atoms with Gasteiger partial charge < -0.3 is 0 Å². The summed E-state index contributed by atoms with van der Waals surface area (Å²) < 4.78 is 65.7. The quantitative estimate of drug-likeness (QED) is 0.835. The van der Waals surface area contributed by atoms with E-state index in [1.807, 2.05) is 4.72 Å². The average molecular weight is 371 g/mol. The normalized spacial score (nSPS) is 11.7. The Labute approximate surface area is 119 Å². The molecule has 0 saturated carbocycles. The number of anilines is 1. The third kappa shape index (κ3) is 2.63. The molecule has 2 aromatic rings. The molecule has 0 spiro atoms. The van der Waals surface area contributed by atoms with Crippen LogP contribution in [0.2, 0.25) is 0 Å². The van der Waals surface area contributed by atoms with Crippen LogP contribution >= 0.6 is 15.9 Å². The molecule has 11 heteroatoms. The molecule has 0 fully saturated rings. The van der Waals surface area contributed by atoms with Crippen molar-refractivity contribution in [2.24, 2.45) is 7.05 Å². The van der Waals surface area contributed by atoms with E-state index in [0.29, 0.717) is 12.1 Å². The van der Waals surface area contributed by atoms with E-state index in [1.54, 1.807) is 0 Å². The van der Waals surface area contributed by atoms with Gasteiger partial charge in [0.2, 0.25) is 5.03 Å². The number of nitrogens with zero attached hydrogens (tertiary/aromatic N) is 3. The molecule has 108 valence electrons. The van der Waals surface area contributed by atoms with Crippen LogP contribution in [0, 0.1) is 17.5 Å². The van der Waals surface area contributed by atoms with Gasteiger partial charge in [-0.2, -0.15) is 8.42 Å². The van der Waals surface area contributed by atoms with Crippen molar-refractivity contribution in [1.82, 2.24) is 15.0 Å². The van der Waals surface area contributed by atoms with Gasteiger partial charge in [0, 0.05) is 19.2 Å². The number of halogens is 4. The average Bonchev–Trinajstić information content (AvgIpc) is 2.66. The molecule has 0 unspecified atom stereocenters. The first-order chi connectivity index (χ1) is 9.22. The van der Waals surface area contributed by atoms with Gasteiger partial charge >= 0.3 is 0 Å². The zero-order valence-corrected chi connectivity index (χ0v) is 12.1. The van der Waals surface area contributed by atoms with Crippen molar-refractivity contribution >= 4 is 31.6 Å². The molecule has 0 aliphatic heterocycles. The Hall–Kier alpha value is -1.62. The molecule has 0 aliphatic carbocycles. The summed E-state index contributed by atoms with van der Waals surface area (Å²) in [7, 11) is -2.87. The lowest BCUT2D eigenvalue weighted by atomic mass is 10.3. The maximum absolute atomic E-state index is 13.0. The minimum absolute atomic E-state index is 0.0736. The second-order valence-electron chi connectivity index (χ2n) is 3.67. The number of aromatic nitrogens is 3. The number of hydrogen-bond donors (Lipinski definition) is 1. The molecule has 20 heavy (non-hydrogen) atoms. The highest BCUT2D eigenvalue weighted by Crippen LogP contribution is 2.23. The van der Waals surface area contributed by atoms with E-state index in [-0.39, 0.29) is 9.63 Å². The van der Waals surface area contributed by atoms with Crippen molar-refractivity contribution < 1.29 is 21.6 Å². The third-order valence-electron chi connectivity index (χ3n) is 2.23. The minimum Gasteiger partial charge on any atom is -0.278 e. The zero-order valence-electron chi connectivity index (χ0n) is 9.73. The number of hydrogen-bond acceptors (Lipinski definition) is 4. The first-order valence-electron chi connectivity index (χ1n) is 4.95. The fraction of sp³-hybridized carbons (Fsp3) is 0.111. The summed E-state index contributed by atoms with van der Waals surface area (Å²) in [6.07, 6.45) is 0. The molecule has 0 atom stereocenters. The Morgan fingerprint density at radius 1 is 1.25 bits per heavy atom. The molecule has 0 amide bonds. The van der Waals surface area contributed by atoms with E-state index in [2.05, 4.69) is 26.2 Å². The van der Waals surface area contributed by atoms with E-state index in [0.717, 1.165) is 4.68 Å². The molecular weight excluding hydrogens is 365 g/mol. The van der Waals surface area contributed by atoms with Gasteiger partial charge in [0.25, 0.3) is 10.0 Å². The third-order valence-corrected chi connectivity index (χ3v) is 4.50. The number of benzene rings is 1. The summed E-state index contributed by atoms with van der Waals surface area (Å²) in [4.78, 5) is 0. The molecule has 6 nitrogen and oxygen atoms in total. The predicted molar refractivity (Wildman–Crippen MR) is 65.8 cm³/mol. The van der Waals surface area contributed by atoms with Crippen LogP contribution in [0.15, 0.2) is 21.8 Å². The van der Waals surface area contributed by atoms with Gasteiger partial charge in [-0.05, 0) is 15.9 Å². The number of sulfonamides is 1. The zero-order chi connectivity index (χ0) is 15.1. The van der Waals surface area contributed by atoms with Gasteiger partial charge in [0.1, 0.15) is 0 Å². The van der Waals surface area contributed by atoms with Gasteiger partial charge in [-0.25, -0.2) is 17.9 Å². The summed E-state index contributed by atoms with van der Waals surface area (Å²) in [6.45, 7) is 0.